The van der Waals surface area contributed by atoms with Crippen molar-refractivity contribution >= 4 is 23.6 Å². The number of rotatable bonds is 12. The quantitative estimate of drug-likeness (QED) is 0.380. The van der Waals surface area contributed by atoms with Crippen molar-refractivity contribution in [2.75, 3.05) is 6.54 Å². The number of ketones is 1. The maximum absolute atomic E-state index is 12.3. The van der Waals surface area contributed by atoms with Gasteiger partial charge in [0.2, 0.25) is 11.8 Å². The number of hydrogen-bond acceptors (Lipinski definition) is 4. The number of carbonyl (C=O) groups is 4. The summed E-state index contributed by atoms with van der Waals surface area (Å²) in [6.45, 7) is 3.90. The molecule has 0 aliphatic rings. The number of amides is 2. The number of carbonyl (C=O) groups excluding carboxylic acids is 3. The molecule has 7 heteroatoms. The zero-order chi connectivity index (χ0) is 20.2. The second kappa shape index (κ2) is 11.8. The molecule has 3 N–H and O–H groups in total. The molecule has 0 radical (unpaired) electrons. The lowest BCUT2D eigenvalue weighted by atomic mass is 9.99. The molecule has 148 valence electrons. The average Bonchev–Trinajstić information content (AvgIpc) is 2.67. The van der Waals surface area contributed by atoms with Gasteiger partial charge in [-0.05, 0) is 31.2 Å². The topological polar surface area (TPSA) is 113 Å². The van der Waals surface area contributed by atoms with Gasteiger partial charge in [0.1, 0.15) is 0 Å². The third kappa shape index (κ3) is 8.02. The van der Waals surface area contributed by atoms with Gasteiger partial charge >= 0.3 is 5.97 Å². The van der Waals surface area contributed by atoms with Gasteiger partial charge in [0, 0.05) is 18.9 Å². The van der Waals surface area contributed by atoms with Crippen molar-refractivity contribution in [1.82, 2.24) is 10.6 Å². The van der Waals surface area contributed by atoms with Crippen molar-refractivity contribution in [3.8, 4) is 0 Å². The average molecular weight is 376 g/mol. The molecule has 0 spiro atoms. The molecule has 7 nitrogen and oxygen atoms in total. The first-order chi connectivity index (χ1) is 12.9. The van der Waals surface area contributed by atoms with Crippen LogP contribution in [0.1, 0.15) is 45.1 Å². The first-order valence-corrected chi connectivity index (χ1v) is 9.27. The highest BCUT2D eigenvalue weighted by Gasteiger charge is 2.28. The van der Waals surface area contributed by atoms with Crippen molar-refractivity contribution < 1.29 is 24.3 Å². The Morgan fingerprint density at radius 1 is 1.04 bits per heavy atom. The number of carboxylic acids is 1. The largest absolute Gasteiger partial charge is 0.475 e. The van der Waals surface area contributed by atoms with E-state index in [1.807, 2.05) is 30.3 Å². The Labute approximate surface area is 159 Å². The minimum atomic E-state index is -1.58. The molecule has 0 aromatic heterocycles. The Bertz CT molecular complexity index is 645. The molecule has 1 rings (SSSR count). The van der Waals surface area contributed by atoms with Crippen molar-refractivity contribution in [1.29, 1.82) is 0 Å². The second-order valence-electron chi connectivity index (χ2n) is 6.39. The fraction of sp³-hybridized carbons (Fsp3) is 0.500. The molecule has 2 unspecified atom stereocenters. The smallest absolute Gasteiger partial charge is 0.374 e. The van der Waals surface area contributed by atoms with Gasteiger partial charge < -0.3 is 15.7 Å². The Morgan fingerprint density at radius 3 is 2.26 bits per heavy atom. The molecule has 0 fully saturated rings. The van der Waals surface area contributed by atoms with Crippen LogP contribution >= 0.6 is 0 Å². The molecule has 0 aliphatic carbocycles. The monoisotopic (exact) mass is 376 g/mol. The summed E-state index contributed by atoms with van der Waals surface area (Å²) >= 11 is 0. The van der Waals surface area contributed by atoms with Gasteiger partial charge in [-0.3, -0.25) is 14.4 Å². The van der Waals surface area contributed by atoms with Crippen LogP contribution in [0.5, 0.6) is 0 Å². The van der Waals surface area contributed by atoms with E-state index in [9.17, 15) is 19.2 Å². The Hall–Kier alpha value is -2.70. The zero-order valence-corrected chi connectivity index (χ0v) is 15.9. The number of nitrogens with one attached hydrogen (secondary N) is 2. The van der Waals surface area contributed by atoms with Crippen molar-refractivity contribution in [2.24, 2.45) is 5.92 Å². The van der Waals surface area contributed by atoms with Gasteiger partial charge in [-0.1, -0.05) is 44.2 Å². The highest BCUT2D eigenvalue weighted by atomic mass is 16.4. The van der Waals surface area contributed by atoms with Gasteiger partial charge in [-0.25, -0.2) is 4.79 Å². The van der Waals surface area contributed by atoms with E-state index in [0.717, 1.165) is 12.8 Å². The standard InChI is InChI=1S/C20H28N2O5/c1-3-15(19(25)22-16(4-2)18(24)20(26)27)13-17(23)21-12-8-11-14-9-6-5-7-10-14/h5-7,9-10,15-16H,3-4,8,11-13H2,1-2H3,(H,21,23)(H,22,25)(H,26,27). The van der Waals surface area contributed by atoms with Crippen LogP contribution in [-0.4, -0.2) is 41.3 Å². The molecular formula is C20H28N2O5. The third-order valence-corrected chi connectivity index (χ3v) is 4.35. The second-order valence-corrected chi connectivity index (χ2v) is 6.39. The Morgan fingerprint density at radius 2 is 1.70 bits per heavy atom. The Balaban J connectivity index is 2.41. The van der Waals surface area contributed by atoms with Gasteiger partial charge in [0.05, 0.1) is 6.04 Å². The van der Waals surface area contributed by atoms with E-state index in [1.165, 1.54) is 5.56 Å². The SMILES string of the molecule is CCC(CC(=O)NCCCc1ccccc1)C(=O)NC(CC)C(=O)C(=O)O. The minimum absolute atomic E-state index is 0.00532. The minimum Gasteiger partial charge on any atom is -0.475 e. The van der Waals surface area contributed by atoms with E-state index >= 15 is 0 Å². The maximum atomic E-state index is 12.3. The lowest BCUT2D eigenvalue weighted by molar-refractivity contribution is -0.150. The summed E-state index contributed by atoms with van der Waals surface area (Å²) in [5, 5.41) is 14.0. The van der Waals surface area contributed by atoms with Crippen LogP contribution in [0.3, 0.4) is 0 Å². The van der Waals surface area contributed by atoms with Crippen molar-refractivity contribution in [3.05, 3.63) is 35.9 Å². The van der Waals surface area contributed by atoms with Gasteiger partial charge in [0.15, 0.2) is 0 Å². The number of Topliss-reactive ketones (excluding diaryl/α,β-unsaturated/α-hetero) is 1. The van der Waals surface area contributed by atoms with Crippen molar-refractivity contribution in [3.63, 3.8) is 0 Å². The maximum Gasteiger partial charge on any atom is 0.374 e. The van der Waals surface area contributed by atoms with E-state index in [0.29, 0.717) is 13.0 Å². The summed E-state index contributed by atoms with van der Waals surface area (Å²) in [5.74, 6) is -3.94. The molecule has 1 aromatic rings. The molecule has 2 atom stereocenters. The first-order valence-electron chi connectivity index (χ1n) is 9.27. The van der Waals surface area contributed by atoms with Crippen LogP contribution in [0.15, 0.2) is 30.3 Å². The fourth-order valence-electron chi connectivity index (χ4n) is 2.68. The van der Waals surface area contributed by atoms with E-state index in [4.69, 9.17) is 5.11 Å². The highest BCUT2D eigenvalue weighted by molar-refractivity contribution is 6.35. The number of hydrogen-bond donors (Lipinski definition) is 3. The summed E-state index contributed by atoms with van der Waals surface area (Å²) in [6, 6.07) is 8.88. The van der Waals surface area contributed by atoms with Gasteiger partial charge in [-0.15, -0.1) is 0 Å². The molecule has 0 heterocycles. The van der Waals surface area contributed by atoms with Crippen molar-refractivity contribution in [2.45, 2.75) is 52.0 Å². The first kappa shape index (κ1) is 22.3. The predicted molar refractivity (Wildman–Crippen MR) is 101 cm³/mol. The summed E-state index contributed by atoms with van der Waals surface area (Å²) in [5.41, 5.74) is 1.20. The highest BCUT2D eigenvalue weighted by Crippen LogP contribution is 2.10. The van der Waals surface area contributed by atoms with E-state index in [2.05, 4.69) is 10.6 Å². The molecule has 0 bridgehead atoms. The molecule has 27 heavy (non-hydrogen) atoms. The normalized spacial score (nSPS) is 12.7. The summed E-state index contributed by atoms with van der Waals surface area (Å²) < 4.78 is 0. The molecule has 0 saturated carbocycles. The third-order valence-electron chi connectivity index (χ3n) is 4.35. The molecule has 0 saturated heterocycles. The number of aryl methyl sites for hydroxylation is 1. The fourth-order valence-corrected chi connectivity index (χ4v) is 2.68. The van der Waals surface area contributed by atoms with Crippen LogP contribution in [0.25, 0.3) is 0 Å². The van der Waals surface area contributed by atoms with E-state index in [1.54, 1.807) is 13.8 Å². The number of carboxylic acid groups (broad SMARTS) is 1. The summed E-state index contributed by atoms with van der Waals surface area (Å²) in [7, 11) is 0. The molecule has 1 aromatic carbocycles. The number of benzene rings is 1. The van der Waals surface area contributed by atoms with Crippen LogP contribution < -0.4 is 10.6 Å². The summed E-state index contributed by atoms with van der Waals surface area (Å²) in [4.78, 5) is 46.7. The molecule has 2 amide bonds. The van der Waals surface area contributed by atoms with Gasteiger partial charge in [-0.2, -0.15) is 0 Å². The molecular weight excluding hydrogens is 348 g/mol. The lowest BCUT2D eigenvalue weighted by Crippen LogP contribution is -2.46. The number of aliphatic carboxylic acids is 1. The van der Waals surface area contributed by atoms with Crippen LogP contribution in [0, 0.1) is 5.92 Å². The van der Waals surface area contributed by atoms with Crippen LogP contribution in [0.2, 0.25) is 0 Å². The summed E-state index contributed by atoms with van der Waals surface area (Å²) in [6.07, 6.45) is 2.25. The van der Waals surface area contributed by atoms with E-state index in [-0.39, 0.29) is 18.7 Å². The lowest BCUT2D eigenvalue weighted by Gasteiger charge is -2.19. The van der Waals surface area contributed by atoms with Crippen LogP contribution in [0.4, 0.5) is 0 Å². The Kier molecular flexibility index (Phi) is 9.79. The van der Waals surface area contributed by atoms with Crippen LogP contribution in [-0.2, 0) is 25.6 Å². The van der Waals surface area contributed by atoms with Gasteiger partial charge in [0.25, 0.3) is 5.78 Å². The predicted octanol–water partition coefficient (Wildman–Crippen LogP) is 1.70. The van der Waals surface area contributed by atoms with E-state index < -0.39 is 29.6 Å². The zero-order valence-electron chi connectivity index (χ0n) is 15.9. The molecule has 0 aliphatic heterocycles.